The molecule has 0 aliphatic heterocycles. The lowest BCUT2D eigenvalue weighted by atomic mass is 9.84. The zero-order valence-electron chi connectivity index (χ0n) is 15.0. The molecule has 138 valence electrons. The predicted octanol–water partition coefficient (Wildman–Crippen LogP) is 3.17. The average molecular weight is 461 g/mol. The monoisotopic (exact) mass is 461 g/mol. The molecule has 0 saturated carbocycles. The molecule has 0 amide bonds. The zero-order chi connectivity index (χ0) is 17.6. The quantitative estimate of drug-likeness (QED) is 0.393. The van der Waals surface area contributed by atoms with Crippen molar-refractivity contribution in [3.05, 3.63) is 47.4 Å². The van der Waals surface area contributed by atoms with E-state index in [0.717, 1.165) is 12.1 Å². The average Bonchev–Trinajstić information content (AvgIpc) is 2.95. The van der Waals surface area contributed by atoms with Gasteiger partial charge in [0.1, 0.15) is 12.4 Å². The molecule has 0 aliphatic rings. The number of aryl methyl sites for hydroxylation is 1. The second-order valence-corrected chi connectivity index (χ2v) is 6.18. The number of hydrogen-bond donors (Lipinski definition) is 2. The van der Waals surface area contributed by atoms with Gasteiger partial charge in [-0.25, -0.2) is 9.38 Å². The Morgan fingerprint density at radius 3 is 2.68 bits per heavy atom. The summed E-state index contributed by atoms with van der Waals surface area (Å²) in [7, 11) is 0. The number of aromatic nitrogens is 2. The first-order chi connectivity index (χ1) is 11.4. The molecule has 1 heterocycles. The van der Waals surface area contributed by atoms with Crippen molar-refractivity contribution in [1.82, 2.24) is 20.8 Å². The Balaban J connectivity index is 0.00000312. The molecule has 2 N–H and O–H groups in total. The number of hydrogen-bond acceptors (Lipinski definition) is 4. The molecule has 0 bridgehead atoms. The van der Waals surface area contributed by atoms with Gasteiger partial charge >= 0.3 is 0 Å². The second kappa shape index (κ2) is 9.69. The summed E-state index contributed by atoms with van der Waals surface area (Å²) in [4.78, 5) is 8.56. The van der Waals surface area contributed by atoms with Crippen LogP contribution in [0.3, 0.4) is 0 Å². The topological polar surface area (TPSA) is 75.3 Å². The van der Waals surface area contributed by atoms with E-state index in [9.17, 15) is 4.39 Å². The number of halogens is 2. The van der Waals surface area contributed by atoms with Crippen LogP contribution in [0.1, 0.15) is 38.0 Å². The van der Waals surface area contributed by atoms with Gasteiger partial charge in [-0.15, -0.1) is 24.0 Å². The molecule has 2 aromatic rings. The number of nitrogens with zero attached hydrogens (tertiary/aromatic N) is 3. The first kappa shape index (κ1) is 21.3. The third-order valence-corrected chi connectivity index (χ3v) is 3.59. The van der Waals surface area contributed by atoms with Gasteiger partial charge in [0, 0.05) is 18.5 Å². The summed E-state index contributed by atoms with van der Waals surface area (Å²) >= 11 is 0. The second-order valence-electron chi connectivity index (χ2n) is 6.18. The van der Waals surface area contributed by atoms with Crippen molar-refractivity contribution in [2.75, 3.05) is 13.1 Å². The Hall–Kier alpha value is -1.71. The van der Waals surface area contributed by atoms with Crippen LogP contribution in [0.15, 0.2) is 33.8 Å². The highest BCUT2D eigenvalue weighted by Gasteiger charge is 2.21. The van der Waals surface area contributed by atoms with E-state index in [2.05, 4.69) is 39.6 Å². The molecule has 2 rings (SSSR count). The van der Waals surface area contributed by atoms with Crippen LogP contribution in [-0.2, 0) is 12.0 Å². The largest absolute Gasteiger partial charge is 0.357 e. The van der Waals surface area contributed by atoms with Crippen molar-refractivity contribution in [2.24, 2.45) is 4.99 Å². The van der Waals surface area contributed by atoms with Crippen LogP contribution in [0.5, 0.6) is 0 Å². The molecule has 8 heteroatoms. The highest BCUT2D eigenvalue weighted by molar-refractivity contribution is 14.0. The Kier molecular flexibility index (Phi) is 8.27. The molecule has 25 heavy (non-hydrogen) atoms. The van der Waals surface area contributed by atoms with Gasteiger partial charge < -0.3 is 15.2 Å². The van der Waals surface area contributed by atoms with Crippen LogP contribution in [0.2, 0.25) is 0 Å². The van der Waals surface area contributed by atoms with Crippen LogP contribution in [-0.4, -0.2) is 29.2 Å². The van der Waals surface area contributed by atoms with Crippen molar-refractivity contribution >= 4 is 29.9 Å². The third-order valence-electron chi connectivity index (χ3n) is 3.59. The summed E-state index contributed by atoms with van der Waals surface area (Å²) in [6.07, 6.45) is 0. The van der Waals surface area contributed by atoms with Crippen LogP contribution in [0.4, 0.5) is 4.39 Å². The number of guanidine groups is 1. The molecule has 0 aliphatic carbocycles. The van der Waals surface area contributed by atoms with Crippen LogP contribution >= 0.6 is 24.0 Å². The lowest BCUT2D eigenvalue weighted by Gasteiger charge is -2.26. The number of nitrogens with one attached hydrogen (secondary N) is 2. The van der Waals surface area contributed by atoms with Crippen molar-refractivity contribution in [3.8, 4) is 0 Å². The fourth-order valence-electron chi connectivity index (χ4n) is 2.21. The molecule has 0 saturated heterocycles. The smallest absolute Gasteiger partial charge is 0.248 e. The van der Waals surface area contributed by atoms with E-state index in [-0.39, 0.29) is 35.2 Å². The van der Waals surface area contributed by atoms with Gasteiger partial charge in [-0.05, 0) is 31.5 Å². The highest BCUT2D eigenvalue weighted by atomic mass is 127. The lowest BCUT2D eigenvalue weighted by Crippen LogP contribution is -2.43. The minimum absolute atomic E-state index is 0. The van der Waals surface area contributed by atoms with Gasteiger partial charge in [0.05, 0.1) is 0 Å². The van der Waals surface area contributed by atoms with Gasteiger partial charge in [-0.2, -0.15) is 4.98 Å². The summed E-state index contributed by atoms with van der Waals surface area (Å²) in [5.74, 6) is 1.48. The van der Waals surface area contributed by atoms with Gasteiger partial charge in [-0.1, -0.05) is 31.1 Å². The fourth-order valence-corrected chi connectivity index (χ4v) is 2.21. The van der Waals surface area contributed by atoms with Crippen molar-refractivity contribution in [2.45, 2.75) is 39.7 Å². The molecule has 0 unspecified atom stereocenters. The van der Waals surface area contributed by atoms with E-state index >= 15 is 0 Å². The molecule has 1 aromatic heterocycles. The highest BCUT2D eigenvalue weighted by Crippen LogP contribution is 2.22. The summed E-state index contributed by atoms with van der Waals surface area (Å²) < 4.78 is 18.5. The number of rotatable bonds is 6. The maximum atomic E-state index is 13.4. The van der Waals surface area contributed by atoms with Crippen LogP contribution in [0.25, 0.3) is 0 Å². The maximum absolute atomic E-state index is 13.4. The van der Waals surface area contributed by atoms with E-state index in [1.165, 1.54) is 6.07 Å². The first-order valence-corrected chi connectivity index (χ1v) is 7.98. The van der Waals surface area contributed by atoms with Gasteiger partial charge in [0.25, 0.3) is 0 Å². The van der Waals surface area contributed by atoms with Crippen molar-refractivity contribution < 1.29 is 8.91 Å². The van der Waals surface area contributed by atoms with E-state index in [0.29, 0.717) is 30.8 Å². The standard InChI is InChI=1S/C17H24FN5O.HI/c1-5-19-16(20-10-15-22-12(2)23-24-15)21-11-17(3,4)13-7-6-8-14(18)9-13;/h6-9H,5,10-11H2,1-4H3,(H2,19,20,21);1H. The SMILES string of the molecule is CCNC(=NCc1nc(C)no1)NCC(C)(C)c1cccc(F)c1.I. The zero-order valence-corrected chi connectivity index (χ0v) is 17.3. The van der Waals surface area contributed by atoms with Crippen molar-refractivity contribution in [3.63, 3.8) is 0 Å². The molecule has 6 nitrogen and oxygen atoms in total. The predicted molar refractivity (Wildman–Crippen MR) is 107 cm³/mol. The minimum atomic E-state index is -0.251. The summed E-state index contributed by atoms with van der Waals surface area (Å²) in [6, 6.07) is 6.66. The lowest BCUT2D eigenvalue weighted by molar-refractivity contribution is 0.376. The molecule has 0 atom stereocenters. The van der Waals surface area contributed by atoms with E-state index in [1.54, 1.807) is 19.1 Å². The molecule has 0 radical (unpaired) electrons. The first-order valence-electron chi connectivity index (χ1n) is 7.98. The number of benzene rings is 1. The Bertz CT molecular complexity index is 702. The Labute approximate surface area is 164 Å². The molecular weight excluding hydrogens is 436 g/mol. The molecule has 0 spiro atoms. The minimum Gasteiger partial charge on any atom is -0.357 e. The van der Waals surface area contributed by atoms with Crippen LogP contribution in [0, 0.1) is 12.7 Å². The Morgan fingerprint density at radius 2 is 2.08 bits per heavy atom. The molecular formula is C17H25FIN5O. The summed E-state index contributed by atoms with van der Waals surface area (Å²) in [6.45, 7) is 9.50. The van der Waals surface area contributed by atoms with E-state index < -0.39 is 0 Å². The van der Waals surface area contributed by atoms with E-state index in [1.807, 2.05) is 13.0 Å². The van der Waals surface area contributed by atoms with Gasteiger partial charge in [-0.3, -0.25) is 0 Å². The maximum Gasteiger partial charge on any atom is 0.248 e. The van der Waals surface area contributed by atoms with Crippen LogP contribution < -0.4 is 10.6 Å². The number of aliphatic imine (C=N–C) groups is 1. The molecule has 1 aromatic carbocycles. The molecule has 0 fully saturated rings. The van der Waals surface area contributed by atoms with E-state index in [4.69, 9.17) is 4.52 Å². The van der Waals surface area contributed by atoms with Crippen molar-refractivity contribution in [1.29, 1.82) is 0 Å². The third kappa shape index (κ3) is 6.60. The Morgan fingerprint density at radius 1 is 1.32 bits per heavy atom. The summed E-state index contributed by atoms with van der Waals surface area (Å²) in [5, 5.41) is 10.2. The fraction of sp³-hybridized carbons (Fsp3) is 0.471. The summed E-state index contributed by atoms with van der Waals surface area (Å²) in [5.41, 5.74) is 0.678. The van der Waals surface area contributed by atoms with Gasteiger partial charge in [0.2, 0.25) is 5.89 Å². The normalized spacial score (nSPS) is 11.8. The van der Waals surface area contributed by atoms with Gasteiger partial charge in [0.15, 0.2) is 11.8 Å².